The number of benzene rings is 1. The molecule has 1 aromatic rings. The fraction of sp³-hybridized carbons (Fsp3) is 0.741. The first kappa shape index (κ1) is 22.8. The number of methoxy groups -OCH3 is 1. The molecule has 0 aromatic heterocycles. The van der Waals surface area contributed by atoms with Gasteiger partial charge in [-0.05, 0) is 80.4 Å². The van der Waals surface area contributed by atoms with Crippen molar-refractivity contribution in [2.45, 2.75) is 96.4 Å². The summed E-state index contributed by atoms with van der Waals surface area (Å²) in [5, 5.41) is 0. The summed E-state index contributed by atoms with van der Waals surface area (Å²) < 4.78 is 17.9. The van der Waals surface area contributed by atoms with Gasteiger partial charge in [-0.3, -0.25) is 4.79 Å². The van der Waals surface area contributed by atoms with Crippen LogP contribution in [0.15, 0.2) is 18.2 Å². The van der Waals surface area contributed by atoms with Crippen LogP contribution in [0.4, 0.5) is 0 Å². The lowest BCUT2D eigenvalue weighted by Gasteiger charge is -2.32. The van der Waals surface area contributed by atoms with E-state index >= 15 is 0 Å². The normalized spacial score (nSPS) is 28.8. The van der Waals surface area contributed by atoms with Gasteiger partial charge in [-0.25, -0.2) is 0 Å². The van der Waals surface area contributed by atoms with E-state index in [0.717, 1.165) is 63.7 Å². The first-order chi connectivity index (χ1) is 15.2. The molecule has 1 heterocycles. The summed E-state index contributed by atoms with van der Waals surface area (Å²) in [5.41, 5.74) is 2.71. The second-order valence-electron chi connectivity index (χ2n) is 9.83. The van der Waals surface area contributed by atoms with Crippen molar-refractivity contribution in [1.29, 1.82) is 0 Å². The van der Waals surface area contributed by atoms with Gasteiger partial charge in [0.15, 0.2) is 6.29 Å². The molecule has 31 heavy (non-hydrogen) atoms. The van der Waals surface area contributed by atoms with Gasteiger partial charge in [0.1, 0.15) is 11.5 Å². The second kappa shape index (κ2) is 11.0. The molecule has 2 aliphatic carbocycles. The van der Waals surface area contributed by atoms with Gasteiger partial charge >= 0.3 is 0 Å². The van der Waals surface area contributed by atoms with Crippen molar-refractivity contribution in [2.24, 2.45) is 17.8 Å². The molecule has 172 valence electrons. The van der Waals surface area contributed by atoms with E-state index < -0.39 is 0 Å². The quantitative estimate of drug-likeness (QED) is 0.436. The Hall–Kier alpha value is -1.39. The minimum absolute atomic E-state index is 0.0403. The van der Waals surface area contributed by atoms with Gasteiger partial charge < -0.3 is 14.2 Å². The topological polar surface area (TPSA) is 44.8 Å². The van der Waals surface area contributed by atoms with E-state index in [0.29, 0.717) is 17.6 Å². The summed E-state index contributed by atoms with van der Waals surface area (Å²) in [5.74, 6) is 2.61. The smallest absolute Gasteiger partial charge is 0.157 e. The molecule has 1 saturated carbocycles. The molecule has 4 nitrogen and oxygen atoms in total. The van der Waals surface area contributed by atoms with Crippen molar-refractivity contribution in [3.8, 4) is 5.75 Å². The SMILES string of the molecule is CCCCC[C@@H](CCC1C(=O)C[C@@H]2Cc3c(cccc3OC)C[C@H]12)OC1CCCCO1. The summed E-state index contributed by atoms with van der Waals surface area (Å²) in [4.78, 5) is 13.0. The number of carbonyl (C=O) groups is 1. The third kappa shape index (κ3) is 5.51. The van der Waals surface area contributed by atoms with E-state index in [1.54, 1.807) is 7.11 Å². The van der Waals surface area contributed by atoms with Crippen molar-refractivity contribution >= 4 is 5.78 Å². The van der Waals surface area contributed by atoms with Gasteiger partial charge in [0.05, 0.1) is 13.2 Å². The monoisotopic (exact) mass is 428 g/mol. The third-order valence-corrected chi connectivity index (χ3v) is 7.78. The number of fused-ring (bicyclic) bond motifs is 2. The number of ether oxygens (including phenoxy) is 3. The molecule has 0 bridgehead atoms. The minimum atomic E-state index is -0.0403. The molecule has 4 heteroatoms. The lowest BCUT2D eigenvalue weighted by atomic mass is 9.73. The van der Waals surface area contributed by atoms with Gasteiger partial charge in [0.2, 0.25) is 0 Å². The van der Waals surface area contributed by atoms with E-state index in [-0.39, 0.29) is 18.3 Å². The highest BCUT2D eigenvalue weighted by molar-refractivity contribution is 5.84. The Balaban J connectivity index is 1.38. The molecule has 1 aliphatic heterocycles. The average molecular weight is 429 g/mol. The first-order valence-electron chi connectivity index (χ1n) is 12.6. The van der Waals surface area contributed by atoms with Crippen LogP contribution in [-0.2, 0) is 27.1 Å². The zero-order chi connectivity index (χ0) is 21.6. The third-order valence-electron chi connectivity index (χ3n) is 7.78. The summed E-state index contributed by atoms with van der Waals surface area (Å²) in [6.07, 6.45) is 13.0. The predicted octanol–water partition coefficient (Wildman–Crippen LogP) is 5.89. The van der Waals surface area contributed by atoms with E-state index in [9.17, 15) is 4.79 Å². The molecule has 3 aliphatic rings. The Labute approximate surface area is 188 Å². The highest BCUT2D eigenvalue weighted by Crippen LogP contribution is 2.46. The van der Waals surface area contributed by atoms with Crippen molar-refractivity contribution < 1.29 is 19.0 Å². The number of unbranched alkanes of at least 4 members (excludes halogenated alkanes) is 2. The standard InChI is InChI=1S/C27H40O4/c1-3-4-5-10-21(31-27-12-6-7-15-30-27)13-14-22-23-16-19-9-8-11-26(29-2)24(19)17-20(23)18-25(22)28/h8-9,11,20-23,27H,3-7,10,12-18H2,1-2H3/t20-,21-,22?,23-,27?/m0/s1. The van der Waals surface area contributed by atoms with Crippen molar-refractivity contribution in [3.05, 3.63) is 29.3 Å². The van der Waals surface area contributed by atoms with Crippen molar-refractivity contribution in [2.75, 3.05) is 13.7 Å². The zero-order valence-electron chi connectivity index (χ0n) is 19.4. The van der Waals surface area contributed by atoms with Gasteiger partial charge in [-0.2, -0.15) is 0 Å². The lowest BCUT2D eigenvalue weighted by molar-refractivity contribution is -0.191. The maximum atomic E-state index is 13.0. The Morgan fingerprint density at radius 1 is 1.13 bits per heavy atom. The van der Waals surface area contributed by atoms with Crippen LogP contribution in [0.25, 0.3) is 0 Å². The number of hydrogen-bond donors (Lipinski definition) is 0. The molecule has 1 saturated heterocycles. The van der Waals surface area contributed by atoms with Crippen LogP contribution < -0.4 is 4.74 Å². The van der Waals surface area contributed by atoms with Crippen LogP contribution in [0.5, 0.6) is 5.75 Å². The van der Waals surface area contributed by atoms with E-state index in [2.05, 4.69) is 25.1 Å². The average Bonchev–Trinajstić information content (AvgIpc) is 3.10. The molecule has 2 unspecified atom stereocenters. The Morgan fingerprint density at radius 2 is 2.03 bits per heavy atom. The summed E-state index contributed by atoms with van der Waals surface area (Å²) in [6, 6.07) is 6.37. The molecule has 5 atom stereocenters. The molecular weight excluding hydrogens is 388 g/mol. The Morgan fingerprint density at radius 3 is 2.81 bits per heavy atom. The number of ketones is 1. The van der Waals surface area contributed by atoms with Crippen LogP contribution >= 0.6 is 0 Å². The fourth-order valence-electron chi connectivity index (χ4n) is 6.08. The van der Waals surface area contributed by atoms with Crippen LogP contribution in [0, 0.1) is 17.8 Å². The number of rotatable bonds is 10. The number of carbonyl (C=O) groups excluding carboxylic acids is 1. The van der Waals surface area contributed by atoms with Crippen LogP contribution in [0.1, 0.15) is 82.3 Å². The van der Waals surface area contributed by atoms with Gasteiger partial charge in [-0.1, -0.05) is 38.3 Å². The van der Waals surface area contributed by atoms with Gasteiger partial charge in [0, 0.05) is 18.9 Å². The largest absolute Gasteiger partial charge is 0.496 e. The fourth-order valence-corrected chi connectivity index (χ4v) is 6.08. The second-order valence-corrected chi connectivity index (χ2v) is 9.83. The van der Waals surface area contributed by atoms with Crippen LogP contribution in [0.3, 0.4) is 0 Å². The predicted molar refractivity (Wildman–Crippen MR) is 122 cm³/mol. The highest BCUT2D eigenvalue weighted by atomic mass is 16.7. The first-order valence-corrected chi connectivity index (χ1v) is 12.6. The van der Waals surface area contributed by atoms with Gasteiger partial charge in [0.25, 0.3) is 0 Å². The summed E-state index contributed by atoms with van der Waals surface area (Å²) >= 11 is 0. The Bertz CT molecular complexity index is 724. The lowest BCUT2D eigenvalue weighted by Crippen LogP contribution is -2.30. The molecule has 0 spiro atoms. The minimum Gasteiger partial charge on any atom is -0.496 e. The van der Waals surface area contributed by atoms with E-state index in [1.807, 2.05) is 0 Å². The maximum Gasteiger partial charge on any atom is 0.157 e. The van der Waals surface area contributed by atoms with Crippen molar-refractivity contribution in [1.82, 2.24) is 0 Å². The highest BCUT2D eigenvalue weighted by Gasteiger charge is 2.44. The molecular formula is C27H40O4. The number of Topliss-reactive ketones (excluding diaryl/α,β-unsaturated/α-hetero) is 1. The van der Waals surface area contributed by atoms with Gasteiger partial charge in [-0.15, -0.1) is 0 Å². The number of hydrogen-bond acceptors (Lipinski definition) is 4. The maximum absolute atomic E-state index is 13.0. The van der Waals surface area contributed by atoms with E-state index in [4.69, 9.17) is 14.2 Å². The zero-order valence-corrected chi connectivity index (χ0v) is 19.4. The van der Waals surface area contributed by atoms with Crippen molar-refractivity contribution in [3.63, 3.8) is 0 Å². The molecule has 4 rings (SSSR count). The van der Waals surface area contributed by atoms with E-state index in [1.165, 1.54) is 36.8 Å². The molecule has 2 fully saturated rings. The van der Waals surface area contributed by atoms with Crippen LogP contribution in [-0.4, -0.2) is 31.9 Å². The molecule has 0 amide bonds. The molecule has 0 N–H and O–H groups in total. The summed E-state index contributed by atoms with van der Waals surface area (Å²) in [6.45, 7) is 3.06. The van der Waals surface area contributed by atoms with Crippen LogP contribution in [0.2, 0.25) is 0 Å². The molecule has 0 radical (unpaired) electrons. The Kier molecular flexibility index (Phi) is 8.06. The summed E-state index contributed by atoms with van der Waals surface area (Å²) in [7, 11) is 1.75. The molecule has 1 aromatic carbocycles.